The van der Waals surface area contributed by atoms with Gasteiger partial charge in [-0.15, -0.1) is 0 Å². The minimum absolute atomic E-state index is 0.0867. The van der Waals surface area contributed by atoms with Crippen molar-refractivity contribution in [1.29, 1.82) is 0 Å². The number of aromatic amines is 1. The molecule has 218 valence electrons. The number of fused-ring (bicyclic) bond motifs is 1. The van der Waals surface area contributed by atoms with E-state index in [1.54, 1.807) is 29.2 Å². The zero-order chi connectivity index (χ0) is 29.4. The van der Waals surface area contributed by atoms with Crippen LogP contribution in [0.5, 0.6) is 5.75 Å². The van der Waals surface area contributed by atoms with E-state index in [2.05, 4.69) is 15.2 Å². The predicted molar refractivity (Wildman–Crippen MR) is 147 cm³/mol. The first-order chi connectivity index (χ1) is 20.2. The molecule has 1 N–H and O–H groups in total. The summed E-state index contributed by atoms with van der Waals surface area (Å²) < 4.78 is 59.4. The number of alkyl halides is 3. The first kappa shape index (κ1) is 27.7. The first-order valence-corrected chi connectivity index (χ1v) is 13.7. The molecular formula is C30H27F4N5O3. The van der Waals surface area contributed by atoms with Gasteiger partial charge in [-0.3, -0.25) is 9.59 Å². The SMILES string of the molecule is O=C(c1cc(Cc2n[nH]c(=O)c3ccc(OC4CCC4)cc23)ccc1F)N1CCN(c2ccc(C(F)(F)F)cn2)CC1. The van der Waals surface area contributed by atoms with Gasteiger partial charge in [0.25, 0.3) is 11.5 Å². The van der Waals surface area contributed by atoms with Crippen LogP contribution in [0.2, 0.25) is 0 Å². The number of anilines is 1. The van der Waals surface area contributed by atoms with Gasteiger partial charge in [0.05, 0.1) is 28.3 Å². The standard InChI is InChI=1S/C30H27F4N5O3/c31-25-8-4-18(15-26-23-16-21(42-20-2-1-3-20)6-7-22(23)28(40)37-36-26)14-24(25)29(41)39-12-10-38(11-13-39)27-9-5-19(17-35-27)30(32,33)34/h4-9,14,16-17,20H,1-3,10-13,15H2,(H,37,40). The number of H-pyrrole nitrogens is 1. The van der Waals surface area contributed by atoms with Gasteiger partial charge in [0.1, 0.15) is 17.4 Å². The van der Waals surface area contributed by atoms with Crippen LogP contribution in [0, 0.1) is 5.82 Å². The molecule has 6 rings (SSSR count). The van der Waals surface area contributed by atoms with Crippen molar-refractivity contribution >= 4 is 22.5 Å². The maximum absolute atomic E-state index is 14.9. The zero-order valence-corrected chi connectivity index (χ0v) is 22.5. The number of amides is 1. The lowest BCUT2D eigenvalue weighted by atomic mass is 9.96. The number of nitrogens with zero attached hydrogens (tertiary/aromatic N) is 4. The molecule has 2 fully saturated rings. The van der Waals surface area contributed by atoms with Gasteiger partial charge in [0.15, 0.2) is 0 Å². The predicted octanol–water partition coefficient (Wildman–Crippen LogP) is 4.96. The molecule has 0 radical (unpaired) electrons. The summed E-state index contributed by atoms with van der Waals surface area (Å²) in [4.78, 5) is 32.9. The molecule has 0 spiro atoms. The van der Waals surface area contributed by atoms with Crippen LogP contribution in [0.1, 0.15) is 46.4 Å². The number of nitrogens with one attached hydrogen (secondary N) is 1. The fourth-order valence-electron chi connectivity index (χ4n) is 5.18. The summed E-state index contributed by atoms with van der Waals surface area (Å²) in [6.07, 6.45) is -0.159. The normalized spacial score (nSPS) is 16.0. The van der Waals surface area contributed by atoms with E-state index < -0.39 is 23.5 Å². The summed E-state index contributed by atoms with van der Waals surface area (Å²) in [5.74, 6) is -0.109. The molecule has 12 heteroatoms. The number of hydrogen-bond acceptors (Lipinski definition) is 6. The van der Waals surface area contributed by atoms with Crippen LogP contribution < -0.4 is 15.2 Å². The van der Waals surface area contributed by atoms with E-state index in [0.29, 0.717) is 46.7 Å². The fraction of sp³-hybridized carbons (Fsp3) is 0.333. The van der Waals surface area contributed by atoms with Crippen molar-refractivity contribution in [3.8, 4) is 5.75 Å². The Morgan fingerprint density at radius 2 is 1.79 bits per heavy atom. The minimum atomic E-state index is -4.47. The van der Waals surface area contributed by atoms with Gasteiger partial charge in [-0.1, -0.05) is 6.07 Å². The molecule has 1 aliphatic carbocycles. The number of pyridine rings is 1. The maximum Gasteiger partial charge on any atom is 0.417 e. The molecule has 1 saturated heterocycles. The van der Waals surface area contributed by atoms with E-state index in [-0.39, 0.29) is 36.7 Å². The molecule has 2 aromatic carbocycles. The lowest BCUT2D eigenvalue weighted by Gasteiger charge is -2.35. The van der Waals surface area contributed by atoms with Crippen LogP contribution in [0.3, 0.4) is 0 Å². The first-order valence-electron chi connectivity index (χ1n) is 13.7. The summed E-state index contributed by atoms with van der Waals surface area (Å²) >= 11 is 0. The Balaban J connectivity index is 1.17. The van der Waals surface area contributed by atoms with E-state index in [9.17, 15) is 27.2 Å². The number of carbonyl (C=O) groups is 1. The monoisotopic (exact) mass is 581 g/mol. The largest absolute Gasteiger partial charge is 0.490 e. The van der Waals surface area contributed by atoms with Crippen LogP contribution in [0.25, 0.3) is 10.8 Å². The highest BCUT2D eigenvalue weighted by molar-refractivity contribution is 5.95. The van der Waals surface area contributed by atoms with Crippen molar-refractivity contribution in [3.63, 3.8) is 0 Å². The Morgan fingerprint density at radius 1 is 1.00 bits per heavy atom. The lowest BCUT2D eigenvalue weighted by Crippen LogP contribution is -2.49. The summed E-state index contributed by atoms with van der Waals surface area (Å²) in [7, 11) is 0. The fourth-order valence-corrected chi connectivity index (χ4v) is 5.18. The van der Waals surface area contributed by atoms with Gasteiger partial charge in [0.2, 0.25) is 0 Å². The molecule has 1 saturated carbocycles. The molecule has 2 aromatic heterocycles. The molecular weight excluding hydrogens is 554 g/mol. The molecule has 2 aliphatic rings. The van der Waals surface area contributed by atoms with Crippen molar-refractivity contribution in [3.05, 3.63) is 93.3 Å². The third-order valence-corrected chi connectivity index (χ3v) is 7.79. The Bertz CT molecular complexity index is 1680. The molecule has 4 aromatic rings. The second-order valence-electron chi connectivity index (χ2n) is 10.6. The third kappa shape index (κ3) is 5.65. The molecule has 0 atom stereocenters. The number of rotatable bonds is 6. The quantitative estimate of drug-likeness (QED) is 0.324. The second kappa shape index (κ2) is 11.1. The Hall–Kier alpha value is -4.48. The summed E-state index contributed by atoms with van der Waals surface area (Å²) in [5.41, 5.74) is -0.0476. The van der Waals surface area contributed by atoms with Crippen molar-refractivity contribution in [2.75, 3.05) is 31.1 Å². The molecule has 0 bridgehead atoms. The van der Waals surface area contributed by atoms with E-state index in [4.69, 9.17) is 4.74 Å². The number of carbonyl (C=O) groups excluding carboxylic acids is 1. The van der Waals surface area contributed by atoms with E-state index in [1.807, 2.05) is 0 Å². The molecule has 0 unspecified atom stereocenters. The topological polar surface area (TPSA) is 91.4 Å². The van der Waals surface area contributed by atoms with Gasteiger partial charge >= 0.3 is 6.18 Å². The minimum Gasteiger partial charge on any atom is -0.490 e. The van der Waals surface area contributed by atoms with E-state index in [0.717, 1.165) is 31.5 Å². The number of halogens is 4. The van der Waals surface area contributed by atoms with Crippen LogP contribution in [0.4, 0.5) is 23.4 Å². The number of piperazine rings is 1. The zero-order valence-electron chi connectivity index (χ0n) is 22.5. The lowest BCUT2D eigenvalue weighted by molar-refractivity contribution is -0.137. The Labute approximate surface area is 237 Å². The number of ether oxygens (including phenoxy) is 1. The molecule has 1 amide bonds. The summed E-state index contributed by atoms with van der Waals surface area (Å²) in [6, 6.07) is 11.9. The van der Waals surface area contributed by atoms with Crippen molar-refractivity contribution < 1.29 is 27.1 Å². The van der Waals surface area contributed by atoms with Gasteiger partial charge in [-0.2, -0.15) is 18.3 Å². The van der Waals surface area contributed by atoms with Crippen LogP contribution in [-0.2, 0) is 12.6 Å². The van der Waals surface area contributed by atoms with E-state index >= 15 is 0 Å². The second-order valence-corrected chi connectivity index (χ2v) is 10.6. The number of benzene rings is 2. The Kier molecular flexibility index (Phi) is 7.29. The molecule has 1 aliphatic heterocycles. The highest BCUT2D eigenvalue weighted by atomic mass is 19.4. The van der Waals surface area contributed by atoms with Crippen molar-refractivity contribution in [2.24, 2.45) is 0 Å². The van der Waals surface area contributed by atoms with Crippen LogP contribution >= 0.6 is 0 Å². The molecule has 3 heterocycles. The van der Waals surface area contributed by atoms with E-state index in [1.165, 1.54) is 23.1 Å². The molecule has 42 heavy (non-hydrogen) atoms. The molecule has 8 nitrogen and oxygen atoms in total. The van der Waals surface area contributed by atoms with Gasteiger partial charge < -0.3 is 14.5 Å². The number of hydrogen-bond donors (Lipinski definition) is 1. The van der Waals surface area contributed by atoms with Crippen LogP contribution in [-0.4, -0.2) is 58.3 Å². The highest BCUT2D eigenvalue weighted by Crippen LogP contribution is 2.30. The van der Waals surface area contributed by atoms with Crippen molar-refractivity contribution in [1.82, 2.24) is 20.1 Å². The third-order valence-electron chi connectivity index (χ3n) is 7.79. The number of aromatic nitrogens is 3. The highest BCUT2D eigenvalue weighted by Gasteiger charge is 2.31. The van der Waals surface area contributed by atoms with Crippen molar-refractivity contribution in [2.45, 2.75) is 38.0 Å². The van der Waals surface area contributed by atoms with Gasteiger partial charge in [-0.25, -0.2) is 14.5 Å². The maximum atomic E-state index is 14.9. The summed E-state index contributed by atoms with van der Waals surface area (Å²) in [5, 5.41) is 7.84. The Morgan fingerprint density at radius 3 is 2.45 bits per heavy atom. The average Bonchev–Trinajstić information content (AvgIpc) is 2.97. The summed E-state index contributed by atoms with van der Waals surface area (Å²) in [6.45, 7) is 1.18. The van der Waals surface area contributed by atoms with Crippen LogP contribution in [0.15, 0.2) is 59.5 Å². The van der Waals surface area contributed by atoms with Gasteiger partial charge in [-0.05, 0) is 67.3 Å². The van der Waals surface area contributed by atoms with Gasteiger partial charge in [0, 0.05) is 44.2 Å². The average molecular weight is 582 g/mol. The smallest absolute Gasteiger partial charge is 0.417 e.